The lowest BCUT2D eigenvalue weighted by Crippen LogP contribution is -2.08. The Morgan fingerprint density at radius 3 is 0.827 bits per heavy atom. The SMILES string of the molecule is N#Cc1cc(-c2ccc(-n3c4ccc(-n5c6ccccc6c6ccccc65)cc4c4cc(-n5c6ccccc6c6ccccc65)ccc43)c(C#N)c2-n2c3ccc(-n4c5ccccc5c5ccccc54)cc3c3cc(-n4c5ccccc5c5ccccc54)ccc32)cc(C(F)(F)F)c1. The van der Waals surface area contributed by atoms with Gasteiger partial charge in [0.25, 0.3) is 0 Å². The minimum absolute atomic E-state index is 0.127. The molecule has 98 heavy (non-hydrogen) atoms. The van der Waals surface area contributed by atoms with Crippen LogP contribution in [0.25, 0.3) is 176 Å². The molecular weight excluding hydrogens is 1210 g/mol. The highest BCUT2D eigenvalue weighted by molar-refractivity contribution is 6.17. The first-order valence-corrected chi connectivity index (χ1v) is 32.5. The minimum atomic E-state index is -4.81. The minimum Gasteiger partial charge on any atom is -0.309 e. The van der Waals surface area contributed by atoms with E-state index in [1.807, 2.05) is 18.2 Å². The topological polar surface area (TPSA) is 77.2 Å². The Labute approximate surface area is 556 Å². The second-order valence-corrected chi connectivity index (χ2v) is 25.3. The number of halogens is 3. The van der Waals surface area contributed by atoms with Crippen molar-refractivity contribution >= 4 is 131 Å². The number of nitrogens with zero attached hydrogens (tertiary/aromatic N) is 8. The summed E-state index contributed by atoms with van der Waals surface area (Å²) in [6.45, 7) is 0. The van der Waals surface area contributed by atoms with Crippen molar-refractivity contribution in [3.8, 4) is 57.4 Å². The number of nitriles is 2. The highest BCUT2D eigenvalue weighted by Crippen LogP contribution is 2.47. The molecule has 6 heterocycles. The van der Waals surface area contributed by atoms with Crippen molar-refractivity contribution in [3.63, 3.8) is 0 Å². The lowest BCUT2D eigenvalue weighted by atomic mass is 9.95. The number of fused-ring (bicyclic) bond motifs is 18. The van der Waals surface area contributed by atoms with E-state index in [0.29, 0.717) is 28.0 Å². The summed E-state index contributed by atoms with van der Waals surface area (Å²) in [5, 5.41) is 35.5. The molecule has 6 aromatic heterocycles. The summed E-state index contributed by atoms with van der Waals surface area (Å²) in [7, 11) is 0. The molecule has 0 saturated carbocycles. The van der Waals surface area contributed by atoms with Crippen LogP contribution in [0.4, 0.5) is 13.2 Å². The third kappa shape index (κ3) is 7.81. The normalized spacial score (nSPS) is 12.2. The fourth-order valence-corrected chi connectivity index (χ4v) is 16.2. The van der Waals surface area contributed by atoms with E-state index in [0.717, 1.165) is 155 Å². The molecule has 0 bridgehead atoms. The van der Waals surface area contributed by atoms with Gasteiger partial charge >= 0.3 is 6.18 Å². The van der Waals surface area contributed by atoms with Crippen molar-refractivity contribution in [2.45, 2.75) is 6.18 Å². The first-order valence-electron chi connectivity index (χ1n) is 32.5. The van der Waals surface area contributed by atoms with Gasteiger partial charge in [0, 0.05) is 92.9 Å². The zero-order valence-corrected chi connectivity index (χ0v) is 52.0. The molecule has 8 nitrogen and oxygen atoms in total. The molecular formula is C87H49F3N8. The molecule has 0 fully saturated rings. The predicted octanol–water partition coefficient (Wildman–Crippen LogP) is 22.7. The van der Waals surface area contributed by atoms with Gasteiger partial charge in [-0.3, -0.25) is 0 Å². The maximum atomic E-state index is 15.3. The van der Waals surface area contributed by atoms with Gasteiger partial charge in [-0.15, -0.1) is 0 Å². The molecule has 0 N–H and O–H groups in total. The summed E-state index contributed by atoms with van der Waals surface area (Å²) in [4.78, 5) is 0. The van der Waals surface area contributed by atoms with E-state index in [1.165, 1.54) is 6.07 Å². The predicted molar refractivity (Wildman–Crippen MR) is 392 cm³/mol. The van der Waals surface area contributed by atoms with Gasteiger partial charge in [-0.2, -0.15) is 23.7 Å². The molecule has 0 aliphatic heterocycles. The van der Waals surface area contributed by atoms with Crippen LogP contribution in [-0.4, -0.2) is 27.4 Å². The number of alkyl halides is 3. The smallest absolute Gasteiger partial charge is 0.309 e. The summed E-state index contributed by atoms with van der Waals surface area (Å²) in [6, 6.07) is 105. The van der Waals surface area contributed by atoms with E-state index in [4.69, 9.17) is 0 Å². The molecule has 458 valence electrons. The first kappa shape index (κ1) is 55.1. The van der Waals surface area contributed by atoms with E-state index in [1.54, 1.807) is 0 Å². The quantitative estimate of drug-likeness (QED) is 0.159. The second-order valence-electron chi connectivity index (χ2n) is 25.3. The van der Waals surface area contributed by atoms with Crippen molar-refractivity contribution in [1.29, 1.82) is 10.5 Å². The Kier molecular flexibility index (Phi) is 11.6. The highest BCUT2D eigenvalue weighted by Gasteiger charge is 2.33. The van der Waals surface area contributed by atoms with Crippen LogP contribution < -0.4 is 0 Å². The molecule has 20 rings (SSSR count). The van der Waals surface area contributed by atoms with Crippen LogP contribution in [0.15, 0.2) is 297 Å². The van der Waals surface area contributed by atoms with Crippen LogP contribution in [0.3, 0.4) is 0 Å². The number of aromatic nitrogens is 6. The van der Waals surface area contributed by atoms with Gasteiger partial charge in [-0.25, -0.2) is 0 Å². The fraction of sp³-hybridized carbons (Fsp3) is 0.0115. The Hall–Kier alpha value is -13.4. The molecule has 0 radical (unpaired) electrons. The standard InChI is InChI=1S/C87H49F3N8/c88-87(89,90)54-44-52(50-91)43-53(45-54)59-37-42-85(97-81-38-33-55(93-73-25-9-1-17-60(73)61-18-2-10-26-74(61)93)46-68(81)69-47-56(34-39-82(69)97)94-75-27-11-3-19-62(75)63-20-4-12-28-76(63)94)72(51-92)86(59)98-83-40-35-57(95-77-29-13-5-21-64(77)65-22-6-14-30-78(65)95)48-70(83)71-49-58(36-41-84(71)98)96-79-31-15-7-23-66(79)67-24-8-16-32-80(67)96/h1-49H. The fourth-order valence-electron chi connectivity index (χ4n) is 16.2. The van der Waals surface area contributed by atoms with Crippen LogP contribution in [0, 0.1) is 22.7 Å². The van der Waals surface area contributed by atoms with E-state index < -0.39 is 11.7 Å². The highest BCUT2D eigenvalue weighted by atomic mass is 19.4. The summed E-state index contributed by atoms with van der Waals surface area (Å²) in [5.41, 5.74) is 15.4. The molecule has 11 heteroatoms. The molecule has 0 saturated heterocycles. The van der Waals surface area contributed by atoms with E-state index in [9.17, 15) is 10.5 Å². The van der Waals surface area contributed by atoms with Crippen molar-refractivity contribution in [2.75, 3.05) is 0 Å². The lowest BCUT2D eigenvalue weighted by molar-refractivity contribution is -0.137. The number of hydrogen-bond donors (Lipinski definition) is 0. The summed E-state index contributed by atoms with van der Waals surface area (Å²) in [6.07, 6.45) is -4.81. The van der Waals surface area contributed by atoms with Crippen LogP contribution in [0.2, 0.25) is 0 Å². The second kappa shape index (κ2) is 20.6. The summed E-state index contributed by atoms with van der Waals surface area (Å²) >= 11 is 0. The molecule has 0 aliphatic carbocycles. The van der Waals surface area contributed by atoms with Crippen LogP contribution in [-0.2, 0) is 6.18 Å². The Morgan fingerprint density at radius 1 is 0.255 bits per heavy atom. The summed E-state index contributed by atoms with van der Waals surface area (Å²) in [5.74, 6) is 0. The maximum Gasteiger partial charge on any atom is 0.416 e. The van der Waals surface area contributed by atoms with Crippen molar-refractivity contribution in [3.05, 3.63) is 314 Å². The number of hydrogen-bond acceptors (Lipinski definition) is 2. The van der Waals surface area contributed by atoms with Gasteiger partial charge in [0.15, 0.2) is 0 Å². The van der Waals surface area contributed by atoms with E-state index in [-0.39, 0.29) is 16.7 Å². The van der Waals surface area contributed by atoms with Crippen molar-refractivity contribution in [1.82, 2.24) is 27.4 Å². The van der Waals surface area contributed by atoms with Gasteiger partial charge in [-0.1, -0.05) is 152 Å². The zero-order valence-electron chi connectivity index (χ0n) is 52.0. The third-order valence-corrected chi connectivity index (χ3v) is 20.3. The van der Waals surface area contributed by atoms with E-state index in [2.05, 4.69) is 300 Å². The van der Waals surface area contributed by atoms with Gasteiger partial charge in [0.2, 0.25) is 0 Å². The number of rotatable bonds is 7. The molecule has 20 aromatic rings. The maximum absolute atomic E-state index is 15.3. The molecule has 0 amide bonds. The summed E-state index contributed by atoms with van der Waals surface area (Å²) < 4.78 is 59.4. The van der Waals surface area contributed by atoms with Gasteiger partial charge < -0.3 is 27.4 Å². The van der Waals surface area contributed by atoms with Crippen LogP contribution >= 0.6 is 0 Å². The van der Waals surface area contributed by atoms with Crippen molar-refractivity contribution in [2.24, 2.45) is 0 Å². The average molecular weight is 1260 g/mol. The molecule has 0 spiro atoms. The lowest BCUT2D eigenvalue weighted by Gasteiger charge is -2.21. The average Bonchev–Trinajstić information content (AvgIpc) is 1.74. The Bertz CT molecular complexity index is 6410. The van der Waals surface area contributed by atoms with Crippen LogP contribution in [0.5, 0.6) is 0 Å². The Balaban J connectivity index is 0.910. The third-order valence-electron chi connectivity index (χ3n) is 20.3. The largest absolute Gasteiger partial charge is 0.416 e. The first-order chi connectivity index (χ1) is 48.2. The zero-order chi connectivity index (χ0) is 65.2. The number of para-hydroxylation sites is 8. The van der Waals surface area contributed by atoms with Gasteiger partial charge in [-0.05, 0) is 151 Å². The molecule has 0 unspecified atom stereocenters. The van der Waals surface area contributed by atoms with Gasteiger partial charge in [0.05, 0.1) is 94.8 Å². The van der Waals surface area contributed by atoms with Crippen molar-refractivity contribution < 1.29 is 13.2 Å². The molecule has 0 atom stereocenters. The monoisotopic (exact) mass is 1260 g/mol. The van der Waals surface area contributed by atoms with E-state index >= 15 is 13.2 Å². The number of benzene rings is 14. The Morgan fingerprint density at radius 2 is 0.541 bits per heavy atom. The molecule has 0 aliphatic rings. The molecule has 14 aromatic carbocycles. The van der Waals surface area contributed by atoms with Gasteiger partial charge in [0.1, 0.15) is 11.6 Å². The van der Waals surface area contributed by atoms with Crippen LogP contribution in [0.1, 0.15) is 16.7 Å².